The Morgan fingerprint density at radius 2 is 1.77 bits per heavy atom. The predicted octanol–water partition coefficient (Wildman–Crippen LogP) is 5.25. The number of hydrogen-bond donors (Lipinski definition) is 1. The molecule has 0 saturated heterocycles. The van der Waals surface area contributed by atoms with Gasteiger partial charge in [0.1, 0.15) is 4.83 Å². The molecule has 4 rings (SSSR count). The summed E-state index contributed by atoms with van der Waals surface area (Å²) < 4.78 is 1.61. The molecule has 0 fully saturated rings. The first-order valence-electron chi connectivity index (χ1n) is 10.3. The van der Waals surface area contributed by atoms with E-state index in [1.54, 1.807) is 10.9 Å². The molecular formula is C25H25N3O2S. The highest BCUT2D eigenvalue weighted by Gasteiger charge is 2.20. The molecule has 0 unspecified atom stereocenters. The topological polar surface area (TPSA) is 64.0 Å². The maximum atomic E-state index is 13.2. The van der Waals surface area contributed by atoms with Gasteiger partial charge in [0.05, 0.1) is 23.1 Å². The molecule has 4 aromatic rings. The van der Waals surface area contributed by atoms with Gasteiger partial charge in [-0.2, -0.15) is 0 Å². The summed E-state index contributed by atoms with van der Waals surface area (Å²) in [5, 5.41) is 3.49. The fraction of sp³-hybridized carbons (Fsp3) is 0.240. The van der Waals surface area contributed by atoms with Crippen molar-refractivity contribution in [1.29, 1.82) is 0 Å². The molecule has 5 nitrogen and oxygen atoms in total. The van der Waals surface area contributed by atoms with Crippen LogP contribution in [0.15, 0.2) is 53.6 Å². The monoisotopic (exact) mass is 431 g/mol. The molecule has 31 heavy (non-hydrogen) atoms. The van der Waals surface area contributed by atoms with Gasteiger partial charge in [0.15, 0.2) is 0 Å². The van der Waals surface area contributed by atoms with Crippen LogP contribution in [0.1, 0.15) is 44.4 Å². The summed E-state index contributed by atoms with van der Waals surface area (Å²) >= 11 is 1.26. The number of amides is 1. The highest BCUT2D eigenvalue weighted by molar-refractivity contribution is 7.20. The minimum atomic E-state index is -0.214. The van der Waals surface area contributed by atoms with E-state index in [-0.39, 0.29) is 11.5 Å². The normalized spacial score (nSPS) is 11.1. The van der Waals surface area contributed by atoms with Crippen molar-refractivity contribution in [3.8, 4) is 0 Å². The number of aryl methyl sites for hydroxylation is 4. The van der Waals surface area contributed by atoms with Crippen LogP contribution in [0.25, 0.3) is 10.2 Å². The molecule has 2 aromatic carbocycles. The molecule has 0 bridgehead atoms. The molecule has 2 aromatic heterocycles. The van der Waals surface area contributed by atoms with Gasteiger partial charge in [0, 0.05) is 5.69 Å². The maximum Gasteiger partial charge on any atom is 0.266 e. The fourth-order valence-electron chi connectivity index (χ4n) is 3.70. The van der Waals surface area contributed by atoms with E-state index in [1.807, 2.05) is 51.1 Å². The second-order valence-electron chi connectivity index (χ2n) is 7.86. The van der Waals surface area contributed by atoms with Crippen molar-refractivity contribution in [1.82, 2.24) is 9.55 Å². The van der Waals surface area contributed by atoms with Crippen LogP contribution in [-0.2, 0) is 13.0 Å². The number of carbonyl (C=O) groups excluding carboxylic acids is 1. The largest absolute Gasteiger partial charge is 0.321 e. The average Bonchev–Trinajstić information content (AvgIpc) is 3.10. The van der Waals surface area contributed by atoms with Crippen molar-refractivity contribution >= 4 is 33.1 Å². The van der Waals surface area contributed by atoms with Crippen LogP contribution in [0.4, 0.5) is 5.69 Å². The summed E-state index contributed by atoms with van der Waals surface area (Å²) in [5.74, 6) is -0.214. The molecule has 0 aliphatic rings. The van der Waals surface area contributed by atoms with E-state index >= 15 is 0 Å². The zero-order valence-electron chi connectivity index (χ0n) is 18.2. The molecule has 1 N–H and O–H groups in total. The Kier molecular flexibility index (Phi) is 5.74. The minimum absolute atomic E-state index is 0.121. The highest BCUT2D eigenvalue weighted by atomic mass is 32.1. The molecular weight excluding hydrogens is 406 g/mol. The van der Waals surface area contributed by atoms with E-state index in [0.717, 1.165) is 28.8 Å². The van der Waals surface area contributed by atoms with E-state index < -0.39 is 0 Å². The van der Waals surface area contributed by atoms with Crippen LogP contribution < -0.4 is 10.9 Å². The third-order valence-corrected chi connectivity index (χ3v) is 6.74. The number of nitrogens with one attached hydrogen (secondary N) is 1. The predicted molar refractivity (Wildman–Crippen MR) is 127 cm³/mol. The van der Waals surface area contributed by atoms with Crippen LogP contribution in [0, 0.1) is 20.8 Å². The first kappa shape index (κ1) is 21.0. The summed E-state index contributed by atoms with van der Waals surface area (Å²) in [6, 6.07) is 14.1. The van der Waals surface area contributed by atoms with E-state index in [1.165, 1.54) is 16.9 Å². The lowest BCUT2D eigenvalue weighted by Gasteiger charge is -2.08. The van der Waals surface area contributed by atoms with Gasteiger partial charge in [-0.1, -0.05) is 48.9 Å². The lowest BCUT2D eigenvalue weighted by molar-refractivity contribution is 0.103. The number of hydrogen-bond acceptors (Lipinski definition) is 4. The van der Waals surface area contributed by atoms with Crippen molar-refractivity contribution in [2.24, 2.45) is 0 Å². The van der Waals surface area contributed by atoms with Crippen molar-refractivity contribution < 1.29 is 4.79 Å². The van der Waals surface area contributed by atoms with Gasteiger partial charge < -0.3 is 5.32 Å². The molecule has 0 saturated carbocycles. The number of carbonyl (C=O) groups is 1. The molecule has 0 radical (unpaired) electrons. The van der Waals surface area contributed by atoms with Crippen molar-refractivity contribution in [3.05, 3.63) is 91.8 Å². The molecule has 0 aliphatic carbocycles. The molecule has 0 atom stereocenters. The number of benzene rings is 2. The van der Waals surface area contributed by atoms with Crippen LogP contribution in [-0.4, -0.2) is 15.5 Å². The molecule has 1 amide bonds. The smallest absolute Gasteiger partial charge is 0.266 e. The number of rotatable bonds is 5. The van der Waals surface area contributed by atoms with E-state index in [2.05, 4.69) is 29.4 Å². The van der Waals surface area contributed by atoms with Crippen LogP contribution in [0.5, 0.6) is 0 Å². The van der Waals surface area contributed by atoms with E-state index in [4.69, 9.17) is 0 Å². The third kappa shape index (κ3) is 4.16. The van der Waals surface area contributed by atoms with Crippen molar-refractivity contribution in [2.75, 3.05) is 5.32 Å². The SMILES string of the molecule is CCc1ccc(Cn2cnc3sc(C(=O)Nc4ccc(C)cc4C)c(C)c3c2=O)cc1. The first-order valence-corrected chi connectivity index (χ1v) is 11.1. The number of thiophene rings is 1. The Morgan fingerprint density at radius 1 is 1.06 bits per heavy atom. The fourth-order valence-corrected chi connectivity index (χ4v) is 4.73. The second kappa shape index (κ2) is 8.47. The van der Waals surface area contributed by atoms with Gasteiger partial charge in [-0.05, 0) is 55.5 Å². The lowest BCUT2D eigenvalue weighted by atomic mass is 10.1. The Balaban J connectivity index is 1.66. The van der Waals surface area contributed by atoms with Crippen molar-refractivity contribution in [3.63, 3.8) is 0 Å². The number of anilines is 1. The molecule has 0 spiro atoms. The Morgan fingerprint density at radius 3 is 2.45 bits per heavy atom. The lowest BCUT2D eigenvalue weighted by Crippen LogP contribution is -2.21. The van der Waals surface area contributed by atoms with Gasteiger partial charge in [0.2, 0.25) is 0 Å². The van der Waals surface area contributed by atoms with E-state index in [9.17, 15) is 9.59 Å². The maximum absolute atomic E-state index is 13.2. The Bertz CT molecular complexity index is 1330. The van der Waals surface area contributed by atoms with Crippen LogP contribution >= 0.6 is 11.3 Å². The number of fused-ring (bicyclic) bond motifs is 1. The molecule has 158 valence electrons. The van der Waals surface area contributed by atoms with Gasteiger partial charge in [-0.3, -0.25) is 14.2 Å². The van der Waals surface area contributed by atoms with Crippen LogP contribution in [0.2, 0.25) is 0 Å². The first-order chi connectivity index (χ1) is 14.9. The van der Waals surface area contributed by atoms with Gasteiger partial charge >= 0.3 is 0 Å². The number of aromatic nitrogens is 2. The van der Waals surface area contributed by atoms with Crippen LogP contribution in [0.3, 0.4) is 0 Å². The summed E-state index contributed by atoms with van der Waals surface area (Å²) in [7, 11) is 0. The van der Waals surface area contributed by atoms with Gasteiger partial charge in [0.25, 0.3) is 11.5 Å². The van der Waals surface area contributed by atoms with Gasteiger partial charge in [-0.15, -0.1) is 11.3 Å². The van der Waals surface area contributed by atoms with E-state index in [0.29, 0.717) is 27.2 Å². The Hall–Kier alpha value is -3.25. The minimum Gasteiger partial charge on any atom is -0.321 e. The molecule has 6 heteroatoms. The summed E-state index contributed by atoms with van der Waals surface area (Å²) in [6.45, 7) is 8.37. The summed E-state index contributed by atoms with van der Waals surface area (Å²) in [5.41, 5.74) is 5.77. The highest BCUT2D eigenvalue weighted by Crippen LogP contribution is 2.28. The Labute approximate surface area is 185 Å². The standard InChI is InChI=1S/C25H25N3O2S/c1-5-18-7-9-19(10-8-18)13-28-14-26-24-21(25(28)30)17(4)22(31-24)23(29)27-20-11-6-15(2)12-16(20)3/h6-12,14H,5,13H2,1-4H3,(H,27,29). The molecule has 2 heterocycles. The zero-order chi connectivity index (χ0) is 22.1. The average molecular weight is 432 g/mol. The quantitative estimate of drug-likeness (QED) is 0.470. The third-order valence-electron chi connectivity index (χ3n) is 5.54. The second-order valence-corrected chi connectivity index (χ2v) is 8.86. The zero-order valence-corrected chi connectivity index (χ0v) is 19.0. The van der Waals surface area contributed by atoms with Gasteiger partial charge in [-0.25, -0.2) is 4.98 Å². The molecule has 0 aliphatic heterocycles. The number of nitrogens with zero attached hydrogens (tertiary/aromatic N) is 2. The van der Waals surface area contributed by atoms with Crippen molar-refractivity contribution in [2.45, 2.75) is 40.7 Å². The summed E-state index contributed by atoms with van der Waals surface area (Å²) in [4.78, 5) is 31.7. The summed E-state index contributed by atoms with van der Waals surface area (Å²) in [6.07, 6.45) is 2.55.